The summed E-state index contributed by atoms with van der Waals surface area (Å²) in [7, 11) is 0. The average molecular weight is 262 g/mol. The van der Waals surface area contributed by atoms with Crippen LogP contribution in [0.5, 0.6) is 0 Å². The normalized spacial score (nSPS) is 10.9. The van der Waals surface area contributed by atoms with Crippen LogP contribution in [0.4, 0.5) is 10.9 Å². The first-order chi connectivity index (χ1) is 8.38. The van der Waals surface area contributed by atoms with E-state index in [1.165, 1.54) is 4.70 Å². The van der Waals surface area contributed by atoms with Crippen molar-refractivity contribution in [3.8, 4) is 0 Å². The number of H-pyrrole nitrogens is 1. The molecule has 2 aromatic heterocycles. The van der Waals surface area contributed by atoms with Crippen LogP contribution in [-0.4, -0.2) is 21.4 Å². The summed E-state index contributed by atoms with van der Waals surface area (Å²) in [6, 6.07) is 10.1. The average Bonchev–Trinajstić information content (AvgIpc) is 2.98. The van der Waals surface area contributed by atoms with Crippen molar-refractivity contribution in [3.63, 3.8) is 0 Å². The van der Waals surface area contributed by atoms with Gasteiger partial charge >= 0.3 is 0 Å². The van der Waals surface area contributed by atoms with Gasteiger partial charge in [0.25, 0.3) is 0 Å². The summed E-state index contributed by atoms with van der Waals surface area (Å²) >= 11 is 3.28. The highest BCUT2D eigenvalue weighted by Gasteiger charge is 2.14. The zero-order chi connectivity index (χ0) is 11.7. The highest BCUT2D eigenvalue weighted by molar-refractivity contribution is 8.00. The van der Waals surface area contributed by atoms with Crippen molar-refractivity contribution in [2.75, 3.05) is 10.6 Å². The molecule has 1 N–H and O–H groups in total. The minimum atomic E-state index is 0.941. The van der Waals surface area contributed by atoms with Gasteiger partial charge in [-0.05, 0) is 24.1 Å². The Hall–Kier alpha value is -1.53. The molecule has 0 aliphatic rings. The number of aromatic nitrogens is 3. The van der Waals surface area contributed by atoms with Gasteiger partial charge < -0.3 is 0 Å². The van der Waals surface area contributed by atoms with Crippen LogP contribution >= 0.6 is 23.3 Å². The predicted molar refractivity (Wildman–Crippen MR) is 73.9 cm³/mol. The molecule has 0 aliphatic carbocycles. The number of aromatic amines is 1. The van der Waals surface area contributed by atoms with Crippen molar-refractivity contribution >= 4 is 44.5 Å². The lowest BCUT2D eigenvalue weighted by atomic mass is 10.3. The zero-order valence-corrected chi connectivity index (χ0v) is 10.8. The largest absolute Gasteiger partial charge is 0.262 e. The summed E-state index contributed by atoms with van der Waals surface area (Å²) in [5.41, 5.74) is 1.03. The van der Waals surface area contributed by atoms with Gasteiger partial charge in [0.15, 0.2) is 0 Å². The van der Waals surface area contributed by atoms with Gasteiger partial charge in [0.05, 0.1) is 16.4 Å². The lowest BCUT2D eigenvalue weighted by Crippen LogP contribution is -2.05. The summed E-state index contributed by atoms with van der Waals surface area (Å²) in [5, 5.41) is 7.88. The molecule has 86 valence electrons. The molecule has 17 heavy (non-hydrogen) atoms. The summed E-state index contributed by atoms with van der Waals surface area (Å²) in [4.78, 5) is 4.62. The number of nitrogens with zero attached hydrogens (tertiary/aromatic N) is 3. The first-order valence-corrected chi connectivity index (χ1v) is 7.07. The van der Waals surface area contributed by atoms with Crippen LogP contribution in [0.2, 0.25) is 0 Å². The fourth-order valence-corrected chi connectivity index (χ4v) is 3.31. The smallest absolute Gasteiger partial charge is 0.202 e. The predicted octanol–water partition coefficient (Wildman–Crippen LogP) is 3.44. The Morgan fingerprint density at radius 3 is 2.88 bits per heavy atom. The molecule has 3 aromatic rings. The minimum absolute atomic E-state index is 0.941. The number of benzene rings is 1. The van der Waals surface area contributed by atoms with E-state index in [9.17, 15) is 0 Å². The van der Waals surface area contributed by atoms with E-state index in [0.29, 0.717) is 0 Å². The number of para-hydroxylation sites is 1. The Morgan fingerprint density at radius 2 is 2.18 bits per heavy atom. The minimum Gasteiger partial charge on any atom is -0.262 e. The van der Waals surface area contributed by atoms with E-state index in [1.807, 2.05) is 34.8 Å². The second kappa shape index (κ2) is 4.38. The van der Waals surface area contributed by atoms with E-state index < -0.39 is 0 Å². The quantitative estimate of drug-likeness (QED) is 0.734. The number of thiazole rings is 1. The van der Waals surface area contributed by atoms with E-state index in [2.05, 4.69) is 21.2 Å². The highest BCUT2D eigenvalue weighted by Crippen LogP contribution is 2.35. The van der Waals surface area contributed by atoms with Crippen LogP contribution in [0.1, 0.15) is 0 Å². The molecule has 0 atom stereocenters. The third-order valence-electron chi connectivity index (χ3n) is 2.34. The van der Waals surface area contributed by atoms with Crippen LogP contribution in [0.25, 0.3) is 10.2 Å². The third-order valence-corrected chi connectivity index (χ3v) is 4.22. The Morgan fingerprint density at radius 1 is 1.29 bits per heavy atom. The first kappa shape index (κ1) is 10.6. The van der Waals surface area contributed by atoms with E-state index in [-0.39, 0.29) is 0 Å². The fourth-order valence-electron chi connectivity index (χ4n) is 1.59. The van der Waals surface area contributed by atoms with Gasteiger partial charge in [-0.2, -0.15) is 5.10 Å². The second-order valence-electron chi connectivity index (χ2n) is 3.38. The lowest BCUT2D eigenvalue weighted by Gasteiger charge is -2.14. The molecule has 0 saturated heterocycles. The molecule has 4 nitrogen and oxygen atoms in total. The second-order valence-corrected chi connectivity index (χ2v) is 5.12. The molecule has 2 heterocycles. The van der Waals surface area contributed by atoms with Gasteiger partial charge in [0, 0.05) is 12.3 Å². The summed E-state index contributed by atoms with van der Waals surface area (Å²) in [5.74, 6) is 0.941. The molecule has 1 aromatic carbocycles. The molecule has 0 amide bonds. The molecule has 0 aliphatic heterocycles. The SMILES string of the molecule is CSN(c1ccn[nH]1)c1nc2ccccc2s1. The fraction of sp³-hybridized carbons (Fsp3) is 0.0909. The molecule has 0 radical (unpaired) electrons. The van der Waals surface area contributed by atoms with Crippen molar-refractivity contribution in [3.05, 3.63) is 36.5 Å². The number of rotatable bonds is 3. The van der Waals surface area contributed by atoms with Gasteiger partial charge in [-0.3, -0.25) is 5.10 Å². The maximum atomic E-state index is 4.62. The van der Waals surface area contributed by atoms with Crippen LogP contribution < -0.4 is 4.31 Å². The summed E-state index contributed by atoms with van der Waals surface area (Å²) in [6.45, 7) is 0. The molecule has 0 fully saturated rings. The van der Waals surface area contributed by atoms with Gasteiger partial charge in [-0.1, -0.05) is 23.5 Å². The van der Waals surface area contributed by atoms with Crippen LogP contribution in [0.15, 0.2) is 36.5 Å². The number of hydrogen-bond donors (Lipinski definition) is 1. The van der Waals surface area contributed by atoms with E-state index >= 15 is 0 Å². The van der Waals surface area contributed by atoms with E-state index in [0.717, 1.165) is 16.5 Å². The highest BCUT2D eigenvalue weighted by atomic mass is 32.2. The Balaban J connectivity index is 2.07. The molecule has 0 bridgehead atoms. The van der Waals surface area contributed by atoms with E-state index in [4.69, 9.17) is 0 Å². The Bertz CT molecular complexity index is 584. The molecule has 0 spiro atoms. The maximum absolute atomic E-state index is 4.62. The number of hydrogen-bond acceptors (Lipinski definition) is 5. The van der Waals surface area contributed by atoms with Crippen molar-refractivity contribution in [2.24, 2.45) is 0 Å². The number of fused-ring (bicyclic) bond motifs is 1. The monoisotopic (exact) mass is 262 g/mol. The van der Waals surface area contributed by atoms with Crippen molar-refractivity contribution in [1.82, 2.24) is 15.2 Å². The van der Waals surface area contributed by atoms with Crippen molar-refractivity contribution < 1.29 is 0 Å². The Kier molecular flexibility index (Phi) is 2.74. The third kappa shape index (κ3) is 1.89. The standard InChI is InChI=1S/C11H10N4S2/c1-16-15(10-6-7-12-14-10)11-13-8-4-2-3-5-9(8)17-11/h2-7H,1H3,(H,12,14). The van der Waals surface area contributed by atoms with E-state index in [1.54, 1.807) is 29.5 Å². The molecule has 0 saturated carbocycles. The van der Waals surface area contributed by atoms with Crippen LogP contribution in [0.3, 0.4) is 0 Å². The van der Waals surface area contributed by atoms with Crippen molar-refractivity contribution in [2.45, 2.75) is 0 Å². The first-order valence-electron chi connectivity index (χ1n) is 5.07. The maximum Gasteiger partial charge on any atom is 0.202 e. The van der Waals surface area contributed by atoms with Gasteiger partial charge in [0.1, 0.15) is 5.82 Å². The van der Waals surface area contributed by atoms with Gasteiger partial charge in [-0.25, -0.2) is 9.29 Å². The molecule has 0 unspecified atom stereocenters. The molecular weight excluding hydrogens is 252 g/mol. The van der Waals surface area contributed by atoms with Crippen LogP contribution in [-0.2, 0) is 0 Å². The zero-order valence-electron chi connectivity index (χ0n) is 9.12. The van der Waals surface area contributed by atoms with Gasteiger partial charge in [0.2, 0.25) is 5.13 Å². The molecule has 3 rings (SSSR count). The summed E-state index contributed by atoms with van der Waals surface area (Å²) < 4.78 is 3.23. The van der Waals surface area contributed by atoms with Gasteiger partial charge in [-0.15, -0.1) is 0 Å². The topological polar surface area (TPSA) is 44.8 Å². The number of nitrogens with one attached hydrogen (secondary N) is 1. The molecule has 6 heteroatoms. The lowest BCUT2D eigenvalue weighted by molar-refractivity contribution is 1.08. The van der Waals surface area contributed by atoms with Crippen molar-refractivity contribution in [1.29, 1.82) is 0 Å². The molecular formula is C11H10N4S2. The Labute approximate surface area is 107 Å². The number of anilines is 2. The summed E-state index contributed by atoms with van der Waals surface area (Å²) in [6.07, 6.45) is 3.76. The van der Waals surface area contributed by atoms with Crippen LogP contribution in [0, 0.1) is 0 Å².